The average Bonchev–Trinajstić information content (AvgIpc) is 2.89. The highest BCUT2D eigenvalue weighted by Gasteiger charge is 2.22. The molecule has 0 bridgehead atoms. The van der Waals surface area contributed by atoms with Crippen molar-refractivity contribution in [2.24, 2.45) is 5.92 Å². The van der Waals surface area contributed by atoms with Crippen molar-refractivity contribution in [1.29, 1.82) is 0 Å². The standard InChI is InChI=1S/C14H19NO5S/c16-21(17,15-9-11-4-7-18-10-11)12-2-3-13-14(8-12)20-6-1-5-19-13/h2-3,8,11,15H,1,4-7,9-10H2/t11-/m1/s1. The van der Waals surface area contributed by atoms with Gasteiger partial charge in [-0.1, -0.05) is 0 Å². The first kappa shape index (κ1) is 14.6. The lowest BCUT2D eigenvalue weighted by molar-refractivity contribution is 0.186. The van der Waals surface area contributed by atoms with Gasteiger partial charge in [0.2, 0.25) is 10.0 Å². The lowest BCUT2D eigenvalue weighted by Gasteiger charge is -2.12. The first-order chi connectivity index (χ1) is 10.1. The molecule has 0 aromatic heterocycles. The molecule has 3 rings (SSSR count). The predicted molar refractivity (Wildman–Crippen MR) is 76.2 cm³/mol. The van der Waals surface area contributed by atoms with Crippen molar-refractivity contribution >= 4 is 10.0 Å². The van der Waals surface area contributed by atoms with Gasteiger partial charge in [-0.3, -0.25) is 0 Å². The van der Waals surface area contributed by atoms with E-state index in [9.17, 15) is 8.42 Å². The van der Waals surface area contributed by atoms with Crippen molar-refractivity contribution in [3.63, 3.8) is 0 Å². The molecular formula is C14H19NO5S. The van der Waals surface area contributed by atoms with E-state index in [1.54, 1.807) is 12.1 Å². The van der Waals surface area contributed by atoms with Crippen LogP contribution in [0.15, 0.2) is 23.1 Å². The monoisotopic (exact) mass is 313 g/mol. The van der Waals surface area contributed by atoms with Crippen molar-refractivity contribution in [3.8, 4) is 11.5 Å². The highest BCUT2D eigenvalue weighted by Crippen LogP contribution is 2.31. The van der Waals surface area contributed by atoms with Gasteiger partial charge < -0.3 is 14.2 Å². The molecule has 1 N–H and O–H groups in total. The number of nitrogens with one attached hydrogen (secondary N) is 1. The minimum Gasteiger partial charge on any atom is -0.490 e. The van der Waals surface area contributed by atoms with Gasteiger partial charge in [0.05, 0.1) is 24.7 Å². The Morgan fingerprint density at radius 3 is 2.71 bits per heavy atom. The Bertz CT molecular complexity index is 595. The second kappa shape index (κ2) is 6.21. The third kappa shape index (κ3) is 3.48. The number of sulfonamides is 1. The third-order valence-corrected chi connectivity index (χ3v) is 5.04. The zero-order chi connectivity index (χ0) is 14.7. The molecule has 1 fully saturated rings. The summed E-state index contributed by atoms with van der Waals surface area (Å²) in [7, 11) is -3.53. The molecule has 0 unspecified atom stereocenters. The molecule has 7 heteroatoms. The van der Waals surface area contributed by atoms with Gasteiger partial charge in [0.1, 0.15) is 0 Å². The van der Waals surface area contributed by atoms with Crippen LogP contribution in [-0.2, 0) is 14.8 Å². The normalized spacial score (nSPS) is 22.0. The molecule has 1 saturated heterocycles. The largest absolute Gasteiger partial charge is 0.490 e. The topological polar surface area (TPSA) is 73.9 Å². The summed E-state index contributed by atoms with van der Waals surface area (Å²) in [5.41, 5.74) is 0. The van der Waals surface area contributed by atoms with Crippen molar-refractivity contribution in [2.45, 2.75) is 17.7 Å². The molecule has 116 valence electrons. The molecule has 21 heavy (non-hydrogen) atoms. The Morgan fingerprint density at radius 2 is 1.95 bits per heavy atom. The smallest absolute Gasteiger partial charge is 0.240 e. The maximum Gasteiger partial charge on any atom is 0.240 e. The summed E-state index contributed by atoms with van der Waals surface area (Å²) in [5.74, 6) is 1.33. The summed E-state index contributed by atoms with van der Waals surface area (Å²) >= 11 is 0. The first-order valence-corrected chi connectivity index (χ1v) is 8.60. The lowest BCUT2D eigenvalue weighted by atomic mass is 10.1. The van der Waals surface area contributed by atoms with Crippen LogP contribution in [0.1, 0.15) is 12.8 Å². The zero-order valence-corrected chi connectivity index (χ0v) is 12.5. The van der Waals surface area contributed by atoms with E-state index in [-0.39, 0.29) is 10.8 Å². The third-order valence-electron chi connectivity index (χ3n) is 3.62. The summed E-state index contributed by atoms with van der Waals surface area (Å²) in [4.78, 5) is 0.200. The fraction of sp³-hybridized carbons (Fsp3) is 0.571. The fourth-order valence-electron chi connectivity index (χ4n) is 2.37. The number of benzene rings is 1. The molecule has 0 saturated carbocycles. The van der Waals surface area contributed by atoms with Gasteiger partial charge in [0.15, 0.2) is 11.5 Å². The van der Waals surface area contributed by atoms with Gasteiger partial charge in [0, 0.05) is 25.6 Å². The zero-order valence-electron chi connectivity index (χ0n) is 11.7. The minimum atomic E-state index is -3.53. The van der Waals surface area contributed by atoms with E-state index < -0.39 is 10.0 Å². The van der Waals surface area contributed by atoms with Gasteiger partial charge in [-0.15, -0.1) is 0 Å². The Kier molecular flexibility index (Phi) is 4.32. The fourth-order valence-corrected chi connectivity index (χ4v) is 3.50. The molecule has 0 aliphatic carbocycles. The average molecular weight is 313 g/mol. The molecule has 0 spiro atoms. The number of ether oxygens (including phenoxy) is 3. The first-order valence-electron chi connectivity index (χ1n) is 7.12. The predicted octanol–water partition coefficient (Wildman–Crippen LogP) is 1.16. The molecule has 0 radical (unpaired) electrons. The molecule has 2 heterocycles. The van der Waals surface area contributed by atoms with Gasteiger partial charge in [-0.05, 0) is 24.5 Å². The summed E-state index contributed by atoms with van der Waals surface area (Å²) in [6.07, 6.45) is 1.68. The van der Waals surface area contributed by atoms with E-state index >= 15 is 0 Å². The lowest BCUT2D eigenvalue weighted by Crippen LogP contribution is -2.29. The number of rotatable bonds is 4. The Hall–Kier alpha value is -1.31. The van der Waals surface area contributed by atoms with E-state index in [4.69, 9.17) is 14.2 Å². The maximum atomic E-state index is 12.3. The van der Waals surface area contributed by atoms with Crippen LogP contribution in [0, 0.1) is 5.92 Å². The molecule has 2 aliphatic rings. The quantitative estimate of drug-likeness (QED) is 0.903. The van der Waals surface area contributed by atoms with E-state index in [0.717, 1.165) is 12.8 Å². The number of hydrogen-bond donors (Lipinski definition) is 1. The summed E-state index contributed by atoms with van der Waals surface area (Å²) in [5, 5.41) is 0. The van der Waals surface area contributed by atoms with Gasteiger partial charge in [-0.25, -0.2) is 13.1 Å². The van der Waals surface area contributed by atoms with Crippen LogP contribution in [0.25, 0.3) is 0 Å². The Labute approximate surface area is 124 Å². The molecule has 1 atom stereocenters. The van der Waals surface area contributed by atoms with E-state index in [1.165, 1.54) is 6.07 Å². The molecule has 1 aromatic rings. The van der Waals surface area contributed by atoms with Crippen LogP contribution in [-0.4, -0.2) is 41.4 Å². The molecule has 0 amide bonds. The second-order valence-corrected chi connectivity index (χ2v) is 7.01. The molecule has 6 nitrogen and oxygen atoms in total. The minimum absolute atomic E-state index is 0.200. The SMILES string of the molecule is O=S(=O)(NC[C@H]1CCOC1)c1ccc2c(c1)OCCCO2. The molecule has 2 aliphatic heterocycles. The van der Waals surface area contributed by atoms with Gasteiger partial charge >= 0.3 is 0 Å². The highest BCUT2D eigenvalue weighted by atomic mass is 32.2. The Balaban J connectivity index is 1.73. The van der Waals surface area contributed by atoms with Gasteiger partial charge in [0.25, 0.3) is 0 Å². The van der Waals surface area contributed by atoms with Crippen LogP contribution in [0.4, 0.5) is 0 Å². The molecule has 1 aromatic carbocycles. The van der Waals surface area contributed by atoms with Crippen LogP contribution in [0.5, 0.6) is 11.5 Å². The van der Waals surface area contributed by atoms with Crippen molar-refractivity contribution in [3.05, 3.63) is 18.2 Å². The van der Waals surface area contributed by atoms with Crippen LogP contribution in [0.3, 0.4) is 0 Å². The highest BCUT2D eigenvalue weighted by molar-refractivity contribution is 7.89. The van der Waals surface area contributed by atoms with Crippen molar-refractivity contribution < 1.29 is 22.6 Å². The Morgan fingerprint density at radius 1 is 1.14 bits per heavy atom. The maximum absolute atomic E-state index is 12.3. The second-order valence-electron chi connectivity index (χ2n) is 5.24. The summed E-state index contributed by atoms with van der Waals surface area (Å²) in [6, 6.07) is 4.71. The van der Waals surface area contributed by atoms with Crippen LogP contribution < -0.4 is 14.2 Å². The van der Waals surface area contributed by atoms with E-state index in [1.807, 2.05) is 0 Å². The number of fused-ring (bicyclic) bond motifs is 1. The van der Waals surface area contributed by atoms with Crippen LogP contribution in [0.2, 0.25) is 0 Å². The molecular weight excluding hydrogens is 294 g/mol. The summed E-state index contributed by atoms with van der Waals surface area (Å²) in [6.45, 7) is 2.83. The van der Waals surface area contributed by atoms with E-state index in [0.29, 0.717) is 44.5 Å². The van der Waals surface area contributed by atoms with Crippen LogP contribution >= 0.6 is 0 Å². The summed E-state index contributed by atoms with van der Waals surface area (Å²) < 4.78 is 43.5. The van der Waals surface area contributed by atoms with Crippen molar-refractivity contribution in [1.82, 2.24) is 4.72 Å². The van der Waals surface area contributed by atoms with Gasteiger partial charge in [-0.2, -0.15) is 0 Å². The number of hydrogen-bond acceptors (Lipinski definition) is 5. The van der Waals surface area contributed by atoms with Crippen molar-refractivity contribution in [2.75, 3.05) is 33.0 Å². The van der Waals surface area contributed by atoms with E-state index in [2.05, 4.69) is 4.72 Å².